The number of amides is 2. The van der Waals surface area contributed by atoms with Gasteiger partial charge in [0.15, 0.2) is 5.82 Å². The molecule has 2 aromatic carbocycles. The van der Waals surface area contributed by atoms with Crippen LogP contribution in [0.4, 0.5) is 16.3 Å². The van der Waals surface area contributed by atoms with Crippen molar-refractivity contribution in [2.75, 3.05) is 10.7 Å². The third kappa shape index (κ3) is 4.14. The number of fused-ring (bicyclic) bond motifs is 2. The lowest BCUT2D eigenvalue weighted by atomic mass is 10.1. The van der Waals surface area contributed by atoms with Gasteiger partial charge in [0, 0.05) is 29.2 Å². The van der Waals surface area contributed by atoms with Gasteiger partial charge >= 0.3 is 12.0 Å². The smallest absolute Gasteiger partial charge is 0.327 e. The molecular formula is C24H21N5O3S. The van der Waals surface area contributed by atoms with Crippen molar-refractivity contribution in [3.05, 3.63) is 77.7 Å². The van der Waals surface area contributed by atoms with Gasteiger partial charge in [-0.05, 0) is 36.8 Å². The maximum atomic E-state index is 12.8. The number of benzene rings is 2. The van der Waals surface area contributed by atoms with Gasteiger partial charge in [0.05, 0.1) is 18.0 Å². The average molecular weight is 460 g/mol. The van der Waals surface area contributed by atoms with Crippen LogP contribution in [0.15, 0.2) is 66.1 Å². The van der Waals surface area contributed by atoms with Crippen molar-refractivity contribution in [2.45, 2.75) is 25.0 Å². The fourth-order valence-corrected chi connectivity index (χ4v) is 4.76. The molecule has 2 amide bonds. The number of thioether (sulfide) groups is 1. The number of aliphatic carboxylic acids is 1. The Kier molecular flexibility index (Phi) is 5.47. The van der Waals surface area contributed by atoms with Crippen LogP contribution in [-0.2, 0) is 17.9 Å². The number of carboxylic acids is 1. The number of nitrogens with zero attached hydrogens (tertiary/aromatic N) is 4. The van der Waals surface area contributed by atoms with Crippen LogP contribution in [0.25, 0.3) is 10.9 Å². The zero-order valence-corrected chi connectivity index (χ0v) is 18.7. The molecule has 2 aromatic heterocycles. The number of urea groups is 1. The molecule has 8 nitrogen and oxygen atoms in total. The minimum atomic E-state index is -0.926. The SMILES string of the molecule is Cc1cccc(Cn2ccc3cc(N4C(=O)NCc5c(SCC(=O)O)ncnc54)ccc32)c1. The molecule has 0 atom stereocenters. The summed E-state index contributed by atoms with van der Waals surface area (Å²) in [6.07, 6.45) is 3.41. The van der Waals surface area contributed by atoms with Gasteiger partial charge in [0.1, 0.15) is 11.4 Å². The van der Waals surface area contributed by atoms with Gasteiger partial charge in [0.25, 0.3) is 0 Å². The fraction of sp³-hybridized carbons (Fsp3) is 0.167. The highest BCUT2D eigenvalue weighted by Crippen LogP contribution is 2.35. The second-order valence-electron chi connectivity index (χ2n) is 7.83. The van der Waals surface area contributed by atoms with Crippen LogP contribution >= 0.6 is 11.8 Å². The van der Waals surface area contributed by atoms with E-state index in [0.29, 0.717) is 22.1 Å². The normalized spacial score (nSPS) is 13.1. The van der Waals surface area contributed by atoms with Crippen LogP contribution in [-0.4, -0.2) is 37.4 Å². The monoisotopic (exact) mass is 459 g/mol. The molecule has 3 heterocycles. The van der Waals surface area contributed by atoms with Gasteiger partial charge in [-0.2, -0.15) is 0 Å². The molecule has 0 spiro atoms. The average Bonchev–Trinajstić information content (AvgIpc) is 3.19. The van der Waals surface area contributed by atoms with E-state index in [1.165, 1.54) is 22.4 Å². The van der Waals surface area contributed by atoms with Crippen molar-refractivity contribution >= 4 is 46.2 Å². The van der Waals surface area contributed by atoms with E-state index in [4.69, 9.17) is 5.11 Å². The summed E-state index contributed by atoms with van der Waals surface area (Å²) in [5.74, 6) is -0.567. The molecule has 9 heteroatoms. The summed E-state index contributed by atoms with van der Waals surface area (Å²) < 4.78 is 2.18. The summed E-state index contributed by atoms with van der Waals surface area (Å²) in [7, 11) is 0. The lowest BCUT2D eigenvalue weighted by Gasteiger charge is -2.29. The zero-order chi connectivity index (χ0) is 22.9. The summed E-state index contributed by atoms with van der Waals surface area (Å²) >= 11 is 1.12. The van der Waals surface area contributed by atoms with Crippen LogP contribution < -0.4 is 10.2 Å². The molecule has 0 saturated carbocycles. The molecule has 0 bridgehead atoms. The van der Waals surface area contributed by atoms with Crippen LogP contribution in [0.3, 0.4) is 0 Å². The Balaban J connectivity index is 1.49. The molecule has 2 N–H and O–H groups in total. The largest absolute Gasteiger partial charge is 0.481 e. The van der Waals surface area contributed by atoms with E-state index >= 15 is 0 Å². The lowest BCUT2D eigenvalue weighted by Crippen LogP contribution is -2.42. The summed E-state index contributed by atoms with van der Waals surface area (Å²) in [6.45, 7) is 3.09. The zero-order valence-electron chi connectivity index (χ0n) is 17.9. The Morgan fingerprint density at radius 1 is 1.18 bits per heavy atom. The molecule has 5 rings (SSSR count). The molecule has 1 aliphatic rings. The van der Waals surface area contributed by atoms with E-state index in [2.05, 4.69) is 51.0 Å². The topological polar surface area (TPSA) is 100 Å². The van der Waals surface area contributed by atoms with Crippen LogP contribution in [0.1, 0.15) is 16.7 Å². The maximum absolute atomic E-state index is 12.8. The second kappa shape index (κ2) is 8.59. The summed E-state index contributed by atoms with van der Waals surface area (Å²) in [6, 6.07) is 16.0. The molecular weight excluding hydrogens is 438 g/mol. The third-order valence-corrected chi connectivity index (χ3v) is 6.51. The van der Waals surface area contributed by atoms with E-state index in [9.17, 15) is 9.59 Å². The van der Waals surface area contributed by atoms with Crippen molar-refractivity contribution in [1.82, 2.24) is 19.9 Å². The predicted octanol–water partition coefficient (Wildman–Crippen LogP) is 4.33. The Labute approximate surface area is 194 Å². The fourth-order valence-electron chi connectivity index (χ4n) is 4.04. The number of anilines is 2. The first kappa shape index (κ1) is 21.0. The van der Waals surface area contributed by atoms with Gasteiger partial charge in [0.2, 0.25) is 0 Å². The predicted molar refractivity (Wildman–Crippen MR) is 127 cm³/mol. The first-order chi connectivity index (χ1) is 16.0. The second-order valence-corrected chi connectivity index (χ2v) is 8.80. The van der Waals surface area contributed by atoms with Gasteiger partial charge in [-0.25, -0.2) is 19.7 Å². The maximum Gasteiger partial charge on any atom is 0.327 e. The number of aromatic nitrogens is 3. The summed E-state index contributed by atoms with van der Waals surface area (Å²) in [4.78, 5) is 33.9. The van der Waals surface area contributed by atoms with Crippen molar-refractivity contribution in [1.29, 1.82) is 0 Å². The van der Waals surface area contributed by atoms with Gasteiger partial charge < -0.3 is 15.0 Å². The molecule has 1 aliphatic heterocycles. The van der Waals surface area contributed by atoms with Gasteiger partial charge in [-0.15, -0.1) is 0 Å². The van der Waals surface area contributed by atoms with Crippen LogP contribution in [0.5, 0.6) is 0 Å². The third-order valence-electron chi connectivity index (χ3n) is 5.49. The van der Waals surface area contributed by atoms with E-state index in [1.807, 2.05) is 30.5 Å². The Hall–Kier alpha value is -3.85. The Morgan fingerprint density at radius 3 is 2.88 bits per heavy atom. The van der Waals surface area contributed by atoms with Crippen molar-refractivity contribution in [3.63, 3.8) is 0 Å². The minimum Gasteiger partial charge on any atom is -0.481 e. The molecule has 0 unspecified atom stereocenters. The van der Waals surface area contributed by atoms with Crippen molar-refractivity contribution in [3.8, 4) is 0 Å². The molecule has 166 valence electrons. The number of rotatable bonds is 6. The molecule has 33 heavy (non-hydrogen) atoms. The number of nitrogens with one attached hydrogen (secondary N) is 1. The standard InChI is InChI=1S/C24H21N5O3S/c1-15-3-2-4-16(9-15)12-28-8-7-17-10-18(5-6-20(17)28)29-22-19(11-25-24(29)32)23(27-14-26-22)33-13-21(30)31/h2-10,14H,11-13H2,1H3,(H,25,32)(H,30,31). The van der Waals surface area contributed by atoms with E-state index in [1.54, 1.807) is 0 Å². The van der Waals surface area contributed by atoms with Crippen LogP contribution in [0, 0.1) is 6.92 Å². The number of carbonyl (C=O) groups excluding carboxylic acids is 1. The number of aryl methyl sites for hydroxylation is 1. The Bertz CT molecular complexity index is 1380. The minimum absolute atomic E-state index is 0.113. The lowest BCUT2D eigenvalue weighted by molar-refractivity contribution is -0.133. The van der Waals surface area contributed by atoms with Gasteiger partial charge in [-0.1, -0.05) is 41.6 Å². The van der Waals surface area contributed by atoms with Crippen molar-refractivity contribution in [2.24, 2.45) is 0 Å². The highest BCUT2D eigenvalue weighted by Gasteiger charge is 2.29. The molecule has 0 radical (unpaired) electrons. The quantitative estimate of drug-likeness (QED) is 0.329. The molecule has 0 saturated heterocycles. The number of carboxylic acid groups (broad SMARTS) is 1. The van der Waals surface area contributed by atoms with E-state index in [-0.39, 0.29) is 18.3 Å². The number of hydrogen-bond acceptors (Lipinski definition) is 5. The van der Waals surface area contributed by atoms with Crippen molar-refractivity contribution < 1.29 is 14.7 Å². The Morgan fingerprint density at radius 2 is 2.06 bits per heavy atom. The summed E-state index contributed by atoms with van der Waals surface area (Å²) in [5.41, 5.74) is 4.91. The summed E-state index contributed by atoms with van der Waals surface area (Å²) in [5, 5.41) is 13.4. The highest BCUT2D eigenvalue weighted by atomic mass is 32.2. The first-order valence-corrected chi connectivity index (χ1v) is 11.4. The number of carbonyl (C=O) groups is 2. The molecule has 4 aromatic rings. The van der Waals surface area contributed by atoms with Crippen LogP contribution in [0.2, 0.25) is 0 Å². The number of hydrogen-bond donors (Lipinski definition) is 2. The first-order valence-electron chi connectivity index (χ1n) is 10.4. The molecule has 0 fully saturated rings. The highest BCUT2D eigenvalue weighted by molar-refractivity contribution is 7.99. The van der Waals surface area contributed by atoms with E-state index < -0.39 is 5.97 Å². The van der Waals surface area contributed by atoms with E-state index in [0.717, 1.165) is 29.2 Å². The molecule has 0 aliphatic carbocycles. The van der Waals surface area contributed by atoms with Gasteiger partial charge in [-0.3, -0.25) is 4.79 Å².